The molecule has 0 spiro atoms. The van der Waals surface area contributed by atoms with Crippen molar-refractivity contribution in [3.05, 3.63) is 0 Å². The molecule has 1 rings (SSSR count). The molecule has 1 saturated heterocycles. The number of nitrogens with one attached hydrogen (secondary N) is 1. The van der Waals surface area contributed by atoms with Crippen LogP contribution in [0.5, 0.6) is 0 Å². The Labute approximate surface area is 117 Å². The predicted octanol–water partition coefficient (Wildman–Crippen LogP) is 1.70. The zero-order valence-electron chi connectivity index (χ0n) is 9.94. The minimum absolute atomic E-state index is 0.188. The molecule has 1 aliphatic heterocycles. The number of thioether (sulfide) groups is 1. The van der Waals surface area contributed by atoms with Gasteiger partial charge in [-0.25, -0.2) is 0 Å². The highest BCUT2D eigenvalue weighted by atomic mass is 32.2. The fourth-order valence-electron chi connectivity index (χ4n) is 1.52. The van der Waals surface area contributed by atoms with Crippen LogP contribution in [0.2, 0.25) is 0 Å². The summed E-state index contributed by atoms with van der Waals surface area (Å²) in [5, 5.41) is 4.23. The minimum atomic E-state index is 0.188. The molecule has 17 heavy (non-hydrogen) atoms. The van der Waals surface area contributed by atoms with E-state index in [1.807, 2.05) is 6.92 Å². The summed E-state index contributed by atoms with van der Waals surface area (Å²) in [4.78, 5) is 2.28. The monoisotopic (exact) mass is 290 g/mol. The van der Waals surface area contributed by atoms with Crippen LogP contribution in [0.25, 0.3) is 0 Å². The highest BCUT2D eigenvalue weighted by molar-refractivity contribution is 8.23. The van der Waals surface area contributed by atoms with E-state index in [0.29, 0.717) is 0 Å². The van der Waals surface area contributed by atoms with Crippen molar-refractivity contribution in [3.8, 4) is 0 Å². The number of hydrogen-bond acceptors (Lipinski definition) is 4. The molecule has 0 atom stereocenters. The van der Waals surface area contributed by atoms with Crippen LogP contribution in [0.15, 0.2) is 5.10 Å². The van der Waals surface area contributed by atoms with E-state index >= 15 is 0 Å². The van der Waals surface area contributed by atoms with Crippen LogP contribution in [0.1, 0.15) is 26.2 Å². The normalized spacial score (nSPS) is 16.8. The summed E-state index contributed by atoms with van der Waals surface area (Å²) in [6, 6.07) is 0. The average molecular weight is 290 g/mol. The molecule has 0 amide bonds. The van der Waals surface area contributed by atoms with E-state index < -0.39 is 0 Å². The Morgan fingerprint density at radius 2 is 2.00 bits per heavy atom. The third kappa shape index (κ3) is 6.18. The molecule has 1 aliphatic rings. The second-order valence-electron chi connectivity index (χ2n) is 3.93. The lowest BCUT2D eigenvalue weighted by Crippen LogP contribution is -2.33. The predicted molar refractivity (Wildman–Crippen MR) is 83.5 cm³/mol. The van der Waals surface area contributed by atoms with Crippen molar-refractivity contribution >= 4 is 51.3 Å². The summed E-state index contributed by atoms with van der Waals surface area (Å²) in [5.41, 5.74) is 8.79. The van der Waals surface area contributed by atoms with Gasteiger partial charge in [-0.1, -0.05) is 24.0 Å². The van der Waals surface area contributed by atoms with Crippen LogP contribution in [-0.4, -0.2) is 38.9 Å². The summed E-state index contributed by atoms with van der Waals surface area (Å²) in [5.74, 6) is 0.769. The van der Waals surface area contributed by atoms with Crippen molar-refractivity contribution in [2.75, 3.05) is 18.8 Å². The molecule has 1 heterocycles. The number of thiocarbonyl (C=S) groups is 2. The number of piperidine rings is 1. The zero-order valence-corrected chi connectivity index (χ0v) is 12.4. The molecule has 0 saturated carbocycles. The van der Waals surface area contributed by atoms with Crippen molar-refractivity contribution in [3.63, 3.8) is 0 Å². The Hall–Kier alpha value is -0.400. The van der Waals surface area contributed by atoms with Crippen molar-refractivity contribution in [1.29, 1.82) is 0 Å². The number of nitrogens with zero attached hydrogens (tertiary/aromatic N) is 2. The number of rotatable bonds is 3. The van der Waals surface area contributed by atoms with Crippen molar-refractivity contribution in [2.45, 2.75) is 26.2 Å². The molecule has 0 aromatic rings. The fraction of sp³-hybridized carbons (Fsp3) is 0.700. The summed E-state index contributed by atoms with van der Waals surface area (Å²) in [6.45, 7) is 4.11. The van der Waals surface area contributed by atoms with Crippen molar-refractivity contribution in [2.24, 2.45) is 10.8 Å². The van der Waals surface area contributed by atoms with Gasteiger partial charge < -0.3 is 10.6 Å². The number of hydrogen-bond donors (Lipinski definition) is 2. The summed E-state index contributed by atoms with van der Waals surface area (Å²) < 4.78 is 0.967. The maximum atomic E-state index is 5.39. The Morgan fingerprint density at radius 3 is 2.59 bits per heavy atom. The molecule has 1 fully saturated rings. The largest absolute Gasteiger partial charge is 0.375 e. The first-order valence-corrected chi connectivity index (χ1v) is 7.40. The highest BCUT2D eigenvalue weighted by Crippen LogP contribution is 2.16. The topological polar surface area (TPSA) is 53.6 Å². The molecule has 3 N–H and O–H groups in total. The lowest BCUT2D eigenvalue weighted by Gasteiger charge is -2.28. The SMILES string of the molecule is C/C(CSC(=S)N1CCCCC1)=N\NC(N)=S. The molecule has 0 bridgehead atoms. The summed E-state index contributed by atoms with van der Waals surface area (Å²) in [6.07, 6.45) is 3.82. The summed E-state index contributed by atoms with van der Waals surface area (Å²) in [7, 11) is 0. The smallest absolute Gasteiger partial charge is 0.184 e. The van der Waals surface area contributed by atoms with E-state index in [2.05, 4.69) is 27.6 Å². The third-order valence-electron chi connectivity index (χ3n) is 2.38. The second kappa shape index (κ2) is 7.84. The average Bonchev–Trinajstić information content (AvgIpc) is 2.34. The van der Waals surface area contributed by atoms with Gasteiger partial charge in [-0.2, -0.15) is 5.10 Å². The minimum Gasteiger partial charge on any atom is -0.375 e. The molecular weight excluding hydrogens is 272 g/mol. The van der Waals surface area contributed by atoms with Crippen molar-refractivity contribution < 1.29 is 0 Å². The second-order valence-corrected chi connectivity index (χ2v) is 5.97. The van der Waals surface area contributed by atoms with E-state index in [9.17, 15) is 0 Å². The van der Waals surface area contributed by atoms with Gasteiger partial charge in [0.1, 0.15) is 4.32 Å². The molecular formula is C10H18N4S3. The van der Waals surface area contributed by atoms with Crippen LogP contribution < -0.4 is 11.2 Å². The van der Waals surface area contributed by atoms with Crippen LogP contribution >= 0.6 is 36.2 Å². The Morgan fingerprint density at radius 1 is 1.35 bits per heavy atom. The Bertz CT molecular complexity index is 311. The first-order chi connectivity index (χ1) is 8.09. The van der Waals surface area contributed by atoms with Gasteiger partial charge in [-0.3, -0.25) is 5.43 Å². The molecule has 96 valence electrons. The van der Waals surface area contributed by atoms with Gasteiger partial charge in [0.05, 0.1) is 0 Å². The van der Waals surface area contributed by atoms with Gasteiger partial charge >= 0.3 is 0 Å². The quantitative estimate of drug-likeness (QED) is 0.469. The lowest BCUT2D eigenvalue weighted by atomic mass is 10.1. The number of nitrogens with two attached hydrogens (primary N) is 1. The Balaban J connectivity index is 2.26. The molecule has 0 aromatic heterocycles. The van der Waals surface area contributed by atoms with E-state index in [1.165, 1.54) is 19.3 Å². The summed E-state index contributed by atoms with van der Waals surface area (Å²) >= 11 is 11.7. The molecule has 0 aromatic carbocycles. The van der Waals surface area contributed by atoms with Gasteiger partial charge in [-0.15, -0.1) is 0 Å². The Kier molecular flexibility index (Phi) is 6.76. The van der Waals surface area contributed by atoms with Gasteiger partial charge in [0.15, 0.2) is 5.11 Å². The maximum Gasteiger partial charge on any atom is 0.184 e. The van der Waals surface area contributed by atoms with Gasteiger partial charge in [0, 0.05) is 24.6 Å². The van der Waals surface area contributed by atoms with Crippen LogP contribution in [-0.2, 0) is 0 Å². The van der Waals surface area contributed by atoms with Crippen molar-refractivity contribution in [1.82, 2.24) is 10.3 Å². The van der Waals surface area contributed by atoms with Crippen LogP contribution in [0, 0.1) is 0 Å². The lowest BCUT2D eigenvalue weighted by molar-refractivity contribution is 0.352. The first kappa shape index (κ1) is 14.7. The molecule has 0 radical (unpaired) electrons. The standard InChI is InChI=1S/C10H18N4S3/c1-8(12-13-9(11)15)7-17-10(16)14-5-3-2-4-6-14/h2-7H2,1H3,(H3,11,13,15)/b12-8+. The van der Waals surface area contributed by atoms with Crippen LogP contribution in [0.3, 0.4) is 0 Å². The fourth-order valence-corrected chi connectivity index (χ4v) is 2.68. The zero-order chi connectivity index (χ0) is 12.7. The first-order valence-electron chi connectivity index (χ1n) is 5.60. The van der Waals surface area contributed by atoms with E-state index in [0.717, 1.165) is 28.9 Å². The maximum absolute atomic E-state index is 5.39. The number of likely N-dealkylation sites (tertiary alicyclic amines) is 1. The molecule has 4 nitrogen and oxygen atoms in total. The highest BCUT2D eigenvalue weighted by Gasteiger charge is 2.13. The van der Waals surface area contributed by atoms with Gasteiger partial charge in [0.2, 0.25) is 0 Å². The van der Waals surface area contributed by atoms with E-state index in [4.69, 9.17) is 18.0 Å². The van der Waals surface area contributed by atoms with E-state index in [1.54, 1.807) is 11.8 Å². The molecule has 0 unspecified atom stereocenters. The van der Waals surface area contributed by atoms with Gasteiger partial charge in [0.25, 0.3) is 0 Å². The number of hydrazone groups is 1. The van der Waals surface area contributed by atoms with Gasteiger partial charge in [-0.05, 0) is 38.4 Å². The third-order valence-corrected chi connectivity index (χ3v) is 4.15. The molecule has 0 aliphatic carbocycles. The van der Waals surface area contributed by atoms with E-state index in [-0.39, 0.29) is 5.11 Å². The van der Waals surface area contributed by atoms with Crippen LogP contribution in [0.4, 0.5) is 0 Å². The molecule has 7 heteroatoms.